The zero-order chi connectivity index (χ0) is 22.6. The van der Waals surface area contributed by atoms with Gasteiger partial charge in [-0.1, -0.05) is 45.0 Å². The number of benzene rings is 1. The van der Waals surface area contributed by atoms with Gasteiger partial charge in [0.05, 0.1) is 12.1 Å². The first-order valence-electron chi connectivity index (χ1n) is 11.2. The van der Waals surface area contributed by atoms with Crippen molar-refractivity contribution in [3.05, 3.63) is 40.9 Å². The molecule has 0 aliphatic carbocycles. The molecule has 3 rings (SSSR count). The molecule has 0 radical (unpaired) electrons. The lowest BCUT2D eigenvalue weighted by molar-refractivity contribution is -0.122. The van der Waals surface area contributed by atoms with Crippen molar-refractivity contribution in [2.45, 2.75) is 59.5 Å². The third kappa shape index (κ3) is 7.70. The number of carbonyl (C=O) groups excluding carboxylic acids is 1. The average molecular weight is 443 g/mol. The molecule has 0 atom stereocenters. The summed E-state index contributed by atoms with van der Waals surface area (Å²) in [6.45, 7) is 16.3. The van der Waals surface area contributed by atoms with E-state index in [0.717, 1.165) is 55.4 Å². The van der Waals surface area contributed by atoms with E-state index in [1.807, 2.05) is 5.38 Å². The quantitative estimate of drug-likeness (QED) is 0.689. The highest BCUT2D eigenvalue weighted by molar-refractivity contribution is 7.13. The average Bonchev–Trinajstić information content (AvgIpc) is 3.10. The summed E-state index contributed by atoms with van der Waals surface area (Å²) in [5, 5.41) is 6.16. The van der Waals surface area contributed by atoms with Crippen LogP contribution in [-0.2, 0) is 17.8 Å². The maximum atomic E-state index is 12.6. The predicted octanol–water partition coefficient (Wildman–Crippen LogP) is 4.43. The van der Waals surface area contributed by atoms with Gasteiger partial charge in [-0.05, 0) is 38.3 Å². The van der Waals surface area contributed by atoms with Crippen molar-refractivity contribution in [2.24, 2.45) is 5.41 Å². The lowest BCUT2D eigenvalue weighted by Gasteiger charge is -2.33. The number of hydrogen-bond donors (Lipinski definition) is 1. The molecule has 6 heteroatoms. The minimum atomic E-state index is -0.228. The van der Waals surface area contributed by atoms with Crippen LogP contribution in [0.5, 0.6) is 0 Å². The normalized spacial score (nSPS) is 16.5. The molecule has 1 aliphatic rings. The standard InChI is InChI=1S/C25H38N4OS/c1-24(2,3)18-25(4,5)27-22(30)15-21-17-31-23(26-21)20-9-7-19(8-10-20)16-29-13-11-28(6)12-14-29/h7-10,17H,11-16,18H2,1-6H3,(H,27,30). The zero-order valence-corrected chi connectivity index (χ0v) is 20.8. The number of thiazole rings is 1. The van der Waals surface area contributed by atoms with Crippen LogP contribution in [0.4, 0.5) is 0 Å². The Bertz CT molecular complexity index is 858. The van der Waals surface area contributed by atoms with Gasteiger partial charge in [-0.3, -0.25) is 9.69 Å². The Morgan fingerprint density at radius 3 is 2.32 bits per heavy atom. The minimum absolute atomic E-state index is 0.0358. The number of aromatic nitrogens is 1. The topological polar surface area (TPSA) is 48.5 Å². The lowest BCUT2D eigenvalue weighted by atomic mass is 9.82. The SMILES string of the molecule is CN1CCN(Cc2ccc(-c3nc(CC(=O)NC(C)(C)CC(C)(C)C)cs3)cc2)CC1. The van der Waals surface area contributed by atoms with E-state index in [1.165, 1.54) is 5.56 Å². The molecule has 2 heterocycles. The highest BCUT2D eigenvalue weighted by Crippen LogP contribution is 2.27. The molecule has 31 heavy (non-hydrogen) atoms. The minimum Gasteiger partial charge on any atom is -0.351 e. The fraction of sp³-hybridized carbons (Fsp3) is 0.600. The maximum Gasteiger partial charge on any atom is 0.226 e. The fourth-order valence-corrected chi connectivity index (χ4v) is 5.32. The Morgan fingerprint density at radius 1 is 1.06 bits per heavy atom. The summed E-state index contributed by atoms with van der Waals surface area (Å²) < 4.78 is 0. The Labute approximate surface area is 191 Å². The summed E-state index contributed by atoms with van der Waals surface area (Å²) in [5.74, 6) is 0.0358. The number of likely N-dealkylation sites (N-methyl/N-ethyl adjacent to an activating group) is 1. The Morgan fingerprint density at radius 2 is 1.71 bits per heavy atom. The molecule has 0 bridgehead atoms. The summed E-state index contributed by atoms with van der Waals surface area (Å²) in [4.78, 5) is 22.2. The van der Waals surface area contributed by atoms with Crippen molar-refractivity contribution in [3.63, 3.8) is 0 Å². The second kappa shape index (κ2) is 9.80. The van der Waals surface area contributed by atoms with Crippen LogP contribution in [0.2, 0.25) is 0 Å². The molecule has 0 unspecified atom stereocenters. The molecule has 1 saturated heterocycles. The number of nitrogens with zero attached hydrogens (tertiary/aromatic N) is 3. The van der Waals surface area contributed by atoms with Gasteiger partial charge in [0.2, 0.25) is 5.91 Å². The molecule has 1 aromatic heterocycles. The summed E-state index contributed by atoms with van der Waals surface area (Å²) in [5.41, 5.74) is 3.23. The largest absolute Gasteiger partial charge is 0.351 e. The molecule has 1 N–H and O–H groups in total. The van der Waals surface area contributed by atoms with Gasteiger partial charge in [-0.15, -0.1) is 11.3 Å². The van der Waals surface area contributed by atoms with Crippen molar-refractivity contribution in [2.75, 3.05) is 33.2 Å². The summed E-state index contributed by atoms with van der Waals surface area (Å²) in [6, 6.07) is 8.72. The van der Waals surface area contributed by atoms with E-state index >= 15 is 0 Å². The van der Waals surface area contributed by atoms with Gasteiger partial charge in [0.25, 0.3) is 0 Å². The molecule has 1 aromatic carbocycles. The van der Waals surface area contributed by atoms with Gasteiger partial charge in [0.1, 0.15) is 5.01 Å². The lowest BCUT2D eigenvalue weighted by Crippen LogP contribution is -2.46. The van der Waals surface area contributed by atoms with Gasteiger partial charge in [-0.25, -0.2) is 4.98 Å². The summed E-state index contributed by atoms with van der Waals surface area (Å²) in [6.07, 6.45) is 1.25. The van der Waals surface area contributed by atoms with Crippen LogP contribution in [0, 0.1) is 5.41 Å². The van der Waals surface area contributed by atoms with E-state index in [9.17, 15) is 4.79 Å². The monoisotopic (exact) mass is 442 g/mol. The van der Waals surface area contributed by atoms with Gasteiger partial charge < -0.3 is 10.2 Å². The fourth-order valence-electron chi connectivity index (χ4n) is 4.49. The number of rotatable bonds is 7. The third-order valence-corrected chi connectivity index (χ3v) is 6.49. The van der Waals surface area contributed by atoms with Crippen LogP contribution in [0.15, 0.2) is 29.6 Å². The second-order valence-electron chi connectivity index (χ2n) is 10.8. The highest BCUT2D eigenvalue weighted by Gasteiger charge is 2.27. The number of nitrogens with one attached hydrogen (secondary N) is 1. The molecule has 170 valence electrons. The molecule has 0 spiro atoms. The van der Waals surface area contributed by atoms with Gasteiger partial charge >= 0.3 is 0 Å². The molecular weight excluding hydrogens is 404 g/mol. The van der Waals surface area contributed by atoms with Crippen LogP contribution in [-0.4, -0.2) is 59.5 Å². The van der Waals surface area contributed by atoms with Crippen molar-refractivity contribution >= 4 is 17.2 Å². The van der Waals surface area contributed by atoms with E-state index in [-0.39, 0.29) is 16.9 Å². The first-order chi connectivity index (χ1) is 14.5. The molecule has 1 fully saturated rings. The molecule has 0 saturated carbocycles. The van der Waals surface area contributed by atoms with Crippen molar-refractivity contribution in [3.8, 4) is 10.6 Å². The number of carbonyl (C=O) groups is 1. The van der Waals surface area contributed by atoms with Crippen molar-refractivity contribution in [1.29, 1.82) is 0 Å². The number of amides is 1. The molecule has 2 aromatic rings. The third-order valence-electron chi connectivity index (χ3n) is 5.55. The van der Waals surface area contributed by atoms with Crippen LogP contribution < -0.4 is 5.32 Å². The van der Waals surface area contributed by atoms with E-state index in [4.69, 9.17) is 4.98 Å². The second-order valence-corrected chi connectivity index (χ2v) is 11.6. The van der Waals surface area contributed by atoms with Gasteiger partial charge in [0.15, 0.2) is 0 Å². The maximum absolute atomic E-state index is 12.6. The number of hydrogen-bond acceptors (Lipinski definition) is 5. The van der Waals surface area contributed by atoms with Gasteiger partial charge in [0, 0.05) is 49.2 Å². The van der Waals surface area contributed by atoms with E-state index in [0.29, 0.717) is 6.42 Å². The molecule has 5 nitrogen and oxygen atoms in total. The first kappa shape index (κ1) is 23.9. The molecule has 1 amide bonds. The molecule has 1 aliphatic heterocycles. The van der Waals surface area contributed by atoms with E-state index in [2.05, 4.69) is 81.0 Å². The summed E-state index contributed by atoms with van der Waals surface area (Å²) in [7, 11) is 2.19. The van der Waals surface area contributed by atoms with Crippen LogP contribution in [0.1, 0.15) is 52.3 Å². The van der Waals surface area contributed by atoms with Crippen LogP contribution in [0.3, 0.4) is 0 Å². The van der Waals surface area contributed by atoms with Gasteiger partial charge in [-0.2, -0.15) is 0 Å². The Balaban J connectivity index is 1.54. The van der Waals surface area contributed by atoms with Crippen LogP contribution in [0.25, 0.3) is 10.6 Å². The smallest absolute Gasteiger partial charge is 0.226 e. The van der Waals surface area contributed by atoms with Crippen molar-refractivity contribution < 1.29 is 4.79 Å². The van der Waals surface area contributed by atoms with E-state index < -0.39 is 0 Å². The predicted molar refractivity (Wildman–Crippen MR) is 130 cm³/mol. The van der Waals surface area contributed by atoms with Crippen molar-refractivity contribution in [1.82, 2.24) is 20.1 Å². The zero-order valence-electron chi connectivity index (χ0n) is 20.0. The Kier molecular flexibility index (Phi) is 7.55. The van der Waals surface area contributed by atoms with Crippen LogP contribution >= 0.6 is 11.3 Å². The number of piperazine rings is 1. The summed E-state index contributed by atoms with van der Waals surface area (Å²) >= 11 is 1.61. The van der Waals surface area contributed by atoms with E-state index in [1.54, 1.807) is 11.3 Å². The highest BCUT2D eigenvalue weighted by atomic mass is 32.1. The first-order valence-corrected chi connectivity index (χ1v) is 12.1. The molecular formula is C25H38N4OS. The Hall–Kier alpha value is -1.76.